The van der Waals surface area contributed by atoms with Crippen LogP contribution in [0.2, 0.25) is 0 Å². The molecule has 2 aliphatic heterocycles. The quantitative estimate of drug-likeness (QED) is 0.762. The Morgan fingerprint density at radius 1 is 0.966 bits per heavy atom. The first-order valence-electron chi connectivity index (χ1n) is 9.70. The molecule has 0 saturated carbocycles. The molecule has 2 fully saturated rings. The fraction of sp³-hybridized carbons (Fsp3) is 0.318. The first kappa shape index (κ1) is 19.1. The molecule has 7 nitrogen and oxygen atoms in total. The molecule has 150 valence electrons. The standard InChI is InChI=1S/C22H23N3O4/c1-29-18-10-8-17(9-11-18)25-21(27)13-19(22(25)28)23-14-15-4-6-16(7-5-15)24-12-2-3-20(24)26/h4-11,19,23H,2-3,12-14H2,1H3/t19-/m0/s1. The van der Waals surface area contributed by atoms with Crippen LogP contribution >= 0.6 is 0 Å². The van der Waals surface area contributed by atoms with Crippen LogP contribution in [0.15, 0.2) is 48.5 Å². The molecular formula is C22H23N3O4. The second-order valence-corrected chi connectivity index (χ2v) is 7.22. The Balaban J connectivity index is 1.38. The number of ether oxygens (including phenoxy) is 1. The molecule has 0 bridgehead atoms. The molecular weight excluding hydrogens is 370 g/mol. The van der Waals surface area contributed by atoms with E-state index < -0.39 is 6.04 Å². The van der Waals surface area contributed by atoms with Gasteiger partial charge in [0.05, 0.1) is 25.3 Å². The zero-order valence-electron chi connectivity index (χ0n) is 16.3. The third-order valence-electron chi connectivity index (χ3n) is 5.35. The van der Waals surface area contributed by atoms with Crippen LogP contribution < -0.4 is 19.9 Å². The van der Waals surface area contributed by atoms with Gasteiger partial charge in [-0.15, -0.1) is 0 Å². The zero-order valence-corrected chi connectivity index (χ0v) is 16.3. The normalized spacial score (nSPS) is 19.3. The largest absolute Gasteiger partial charge is 0.497 e. The number of nitrogens with zero attached hydrogens (tertiary/aromatic N) is 2. The van der Waals surface area contributed by atoms with Crippen molar-refractivity contribution >= 4 is 29.1 Å². The average Bonchev–Trinajstić information content (AvgIpc) is 3.29. The van der Waals surface area contributed by atoms with Gasteiger partial charge in [0, 0.05) is 25.2 Å². The summed E-state index contributed by atoms with van der Waals surface area (Å²) < 4.78 is 5.12. The van der Waals surface area contributed by atoms with Crippen LogP contribution in [0, 0.1) is 0 Å². The second-order valence-electron chi connectivity index (χ2n) is 7.22. The highest BCUT2D eigenvalue weighted by Crippen LogP contribution is 2.26. The summed E-state index contributed by atoms with van der Waals surface area (Å²) in [5.74, 6) is 0.353. The highest BCUT2D eigenvalue weighted by molar-refractivity contribution is 6.22. The summed E-state index contributed by atoms with van der Waals surface area (Å²) in [4.78, 5) is 40.0. The minimum Gasteiger partial charge on any atom is -0.497 e. The molecule has 1 atom stereocenters. The summed E-state index contributed by atoms with van der Waals surface area (Å²) in [5.41, 5.74) is 2.43. The molecule has 7 heteroatoms. The molecule has 0 unspecified atom stereocenters. The number of nitrogens with one attached hydrogen (secondary N) is 1. The van der Waals surface area contributed by atoms with Crippen molar-refractivity contribution in [1.82, 2.24) is 5.32 Å². The minimum absolute atomic E-state index is 0.130. The SMILES string of the molecule is COc1ccc(N2C(=O)C[C@H](NCc3ccc(N4CCCC4=O)cc3)C2=O)cc1. The van der Waals surface area contributed by atoms with Crippen LogP contribution in [-0.2, 0) is 20.9 Å². The number of benzene rings is 2. The highest BCUT2D eigenvalue weighted by Gasteiger charge is 2.39. The number of amides is 3. The number of hydrogen-bond acceptors (Lipinski definition) is 5. The molecule has 0 spiro atoms. The summed E-state index contributed by atoms with van der Waals surface area (Å²) in [6.07, 6.45) is 1.63. The number of anilines is 2. The van der Waals surface area contributed by atoms with Crippen LogP contribution in [-0.4, -0.2) is 37.4 Å². The zero-order chi connectivity index (χ0) is 20.4. The molecule has 2 aliphatic rings. The number of hydrogen-bond donors (Lipinski definition) is 1. The number of rotatable bonds is 6. The van der Waals surface area contributed by atoms with Gasteiger partial charge in [-0.2, -0.15) is 0 Å². The van der Waals surface area contributed by atoms with Gasteiger partial charge in [-0.05, 0) is 48.4 Å². The van der Waals surface area contributed by atoms with Crippen LogP contribution in [0.1, 0.15) is 24.8 Å². The fourth-order valence-electron chi connectivity index (χ4n) is 3.75. The predicted octanol–water partition coefficient (Wildman–Crippen LogP) is 2.24. The summed E-state index contributed by atoms with van der Waals surface area (Å²) in [6, 6.07) is 14.0. The molecule has 0 radical (unpaired) electrons. The van der Waals surface area contributed by atoms with E-state index in [-0.39, 0.29) is 24.1 Å². The van der Waals surface area contributed by atoms with Gasteiger partial charge in [0.15, 0.2) is 0 Å². The topological polar surface area (TPSA) is 79.0 Å². The lowest BCUT2D eigenvalue weighted by molar-refractivity contribution is -0.122. The van der Waals surface area contributed by atoms with Crippen molar-refractivity contribution in [2.75, 3.05) is 23.5 Å². The van der Waals surface area contributed by atoms with Crippen LogP contribution in [0.3, 0.4) is 0 Å². The van der Waals surface area contributed by atoms with Crippen molar-refractivity contribution in [3.05, 3.63) is 54.1 Å². The predicted molar refractivity (Wildman–Crippen MR) is 109 cm³/mol. The van der Waals surface area contributed by atoms with E-state index in [1.54, 1.807) is 36.3 Å². The Labute approximate surface area is 169 Å². The smallest absolute Gasteiger partial charge is 0.251 e. The fourth-order valence-corrected chi connectivity index (χ4v) is 3.75. The highest BCUT2D eigenvalue weighted by atomic mass is 16.5. The van der Waals surface area contributed by atoms with Gasteiger partial charge >= 0.3 is 0 Å². The molecule has 4 rings (SSSR count). The van der Waals surface area contributed by atoms with E-state index in [2.05, 4.69) is 5.32 Å². The maximum Gasteiger partial charge on any atom is 0.251 e. The van der Waals surface area contributed by atoms with Gasteiger partial charge < -0.3 is 15.0 Å². The molecule has 1 N–H and O–H groups in total. The Morgan fingerprint density at radius 2 is 1.66 bits per heavy atom. The van der Waals surface area contributed by atoms with Gasteiger partial charge in [0.1, 0.15) is 5.75 Å². The van der Waals surface area contributed by atoms with Gasteiger partial charge in [0.2, 0.25) is 11.8 Å². The van der Waals surface area contributed by atoms with Gasteiger partial charge in [-0.3, -0.25) is 14.4 Å². The number of carbonyl (C=O) groups is 3. The average molecular weight is 393 g/mol. The van der Waals surface area contributed by atoms with Crippen LogP contribution in [0.4, 0.5) is 11.4 Å². The first-order chi connectivity index (χ1) is 14.1. The van der Waals surface area contributed by atoms with E-state index >= 15 is 0 Å². The molecule has 3 amide bonds. The summed E-state index contributed by atoms with van der Waals surface area (Å²) in [6.45, 7) is 1.23. The lowest BCUT2D eigenvalue weighted by atomic mass is 10.1. The Bertz CT molecular complexity index is 924. The molecule has 2 saturated heterocycles. The number of methoxy groups -OCH3 is 1. The first-order valence-corrected chi connectivity index (χ1v) is 9.70. The van der Waals surface area contributed by atoms with Crippen molar-refractivity contribution in [3.63, 3.8) is 0 Å². The van der Waals surface area contributed by atoms with Crippen molar-refractivity contribution < 1.29 is 19.1 Å². The summed E-state index contributed by atoms with van der Waals surface area (Å²) >= 11 is 0. The Kier molecular flexibility index (Phi) is 5.31. The molecule has 2 heterocycles. The van der Waals surface area contributed by atoms with Gasteiger partial charge in [-0.1, -0.05) is 12.1 Å². The Hall–Kier alpha value is -3.19. The van der Waals surface area contributed by atoms with E-state index in [4.69, 9.17) is 4.74 Å². The monoisotopic (exact) mass is 393 g/mol. The number of imide groups is 1. The lowest BCUT2D eigenvalue weighted by Crippen LogP contribution is -2.38. The lowest BCUT2D eigenvalue weighted by Gasteiger charge is -2.17. The van der Waals surface area contributed by atoms with Crippen molar-refractivity contribution in [1.29, 1.82) is 0 Å². The number of carbonyl (C=O) groups excluding carboxylic acids is 3. The van der Waals surface area contributed by atoms with Crippen LogP contribution in [0.25, 0.3) is 0 Å². The maximum absolute atomic E-state index is 12.7. The maximum atomic E-state index is 12.7. The summed E-state index contributed by atoms with van der Waals surface area (Å²) in [5, 5.41) is 3.18. The molecule has 2 aromatic carbocycles. The van der Waals surface area contributed by atoms with Gasteiger partial charge in [-0.25, -0.2) is 4.90 Å². The van der Waals surface area contributed by atoms with Gasteiger partial charge in [0.25, 0.3) is 5.91 Å². The van der Waals surface area contributed by atoms with Crippen molar-refractivity contribution in [2.45, 2.75) is 31.8 Å². The molecule has 29 heavy (non-hydrogen) atoms. The van der Waals surface area contributed by atoms with Crippen molar-refractivity contribution in [2.24, 2.45) is 0 Å². The van der Waals surface area contributed by atoms with E-state index in [9.17, 15) is 14.4 Å². The van der Waals surface area contributed by atoms with E-state index in [0.717, 1.165) is 24.2 Å². The Morgan fingerprint density at radius 3 is 2.28 bits per heavy atom. The van der Waals surface area contributed by atoms with E-state index in [1.807, 2.05) is 24.3 Å². The second kappa shape index (κ2) is 8.05. The molecule has 2 aromatic rings. The van der Waals surface area contributed by atoms with E-state index in [1.165, 1.54) is 4.90 Å². The third kappa shape index (κ3) is 3.86. The van der Waals surface area contributed by atoms with Crippen molar-refractivity contribution in [3.8, 4) is 5.75 Å². The molecule has 0 aliphatic carbocycles. The van der Waals surface area contributed by atoms with E-state index in [0.29, 0.717) is 24.4 Å². The molecule has 0 aromatic heterocycles. The third-order valence-corrected chi connectivity index (χ3v) is 5.35. The minimum atomic E-state index is -0.551. The summed E-state index contributed by atoms with van der Waals surface area (Å²) in [7, 11) is 1.57. The van der Waals surface area contributed by atoms with Crippen LogP contribution in [0.5, 0.6) is 5.75 Å².